The van der Waals surface area contributed by atoms with Gasteiger partial charge in [-0.1, -0.05) is 0 Å². The quantitative estimate of drug-likeness (QED) is 0.487. The van der Waals surface area contributed by atoms with Gasteiger partial charge in [-0.15, -0.1) is 12.3 Å². The van der Waals surface area contributed by atoms with E-state index in [0.717, 1.165) is 38.8 Å². The predicted molar refractivity (Wildman–Crippen MR) is 50.2 cm³/mol. The van der Waals surface area contributed by atoms with Crippen LogP contribution in [0.1, 0.15) is 25.7 Å². The van der Waals surface area contributed by atoms with Crippen LogP contribution in [0.5, 0.6) is 0 Å². The zero-order valence-electron chi connectivity index (χ0n) is 7.79. The van der Waals surface area contributed by atoms with Gasteiger partial charge in [-0.2, -0.15) is 0 Å². The first kappa shape index (κ1) is 9.91. The zero-order chi connectivity index (χ0) is 9.52. The third kappa shape index (κ3) is 3.37. The minimum Gasteiger partial charge on any atom is -0.449 e. The molecule has 0 aliphatic carbocycles. The summed E-state index contributed by atoms with van der Waals surface area (Å²) in [6, 6.07) is 0. The first-order chi connectivity index (χ1) is 6.34. The minimum atomic E-state index is -0.174. The van der Waals surface area contributed by atoms with E-state index in [4.69, 9.17) is 11.2 Å². The highest BCUT2D eigenvalue weighted by molar-refractivity contribution is 5.68. The van der Waals surface area contributed by atoms with Crippen LogP contribution in [-0.2, 0) is 4.74 Å². The normalized spacial score (nSPS) is 16.5. The summed E-state index contributed by atoms with van der Waals surface area (Å²) < 4.78 is 4.89. The van der Waals surface area contributed by atoms with Crippen molar-refractivity contribution >= 4 is 6.09 Å². The standard InChI is InChI=1S/C10H15NO2/c1-2-3-4-5-7-11-8-6-9-13-10(11)12/h1H,3-9H2. The summed E-state index contributed by atoms with van der Waals surface area (Å²) >= 11 is 0. The number of unbranched alkanes of at least 4 members (excludes halogenated alkanes) is 2. The molecule has 1 heterocycles. The van der Waals surface area contributed by atoms with E-state index in [1.54, 1.807) is 4.90 Å². The van der Waals surface area contributed by atoms with Gasteiger partial charge in [-0.05, 0) is 19.3 Å². The minimum absolute atomic E-state index is 0.174. The van der Waals surface area contributed by atoms with Gasteiger partial charge in [0.1, 0.15) is 0 Å². The first-order valence-corrected chi connectivity index (χ1v) is 4.70. The molecule has 0 spiro atoms. The van der Waals surface area contributed by atoms with Gasteiger partial charge in [0, 0.05) is 19.5 Å². The maximum absolute atomic E-state index is 11.1. The molecule has 3 nitrogen and oxygen atoms in total. The van der Waals surface area contributed by atoms with Gasteiger partial charge in [0.2, 0.25) is 0 Å². The predicted octanol–water partition coefficient (Wildman–Crippen LogP) is 1.63. The second kappa shape index (κ2) is 5.47. The van der Waals surface area contributed by atoms with Gasteiger partial charge in [0.15, 0.2) is 0 Å². The summed E-state index contributed by atoms with van der Waals surface area (Å²) in [4.78, 5) is 12.9. The summed E-state index contributed by atoms with van der Waals surface area (Å²) in [5, 5.41) is 0. The average molecular weight is 181 g/mol. The van der Waals surface area contributed by atoms with Crippen molar-refractivity contribution in [2.45, 2.75) is 25.7 Å². The van der Waals surface area contributed by atoms with Crippen molar-refractivity contribution in [3.8, 4) is 12.3 Å². The number of cyclic esters (lactones) is 1. The lowest BCUT2D eigenvalue weighted by Crippen LogP contribution is -2.38. The number of hydrogen-bond acceptors (Lipinski definition) is 2. The van der Waals surface area contributed by atoms with Gasteiger partial charge in [0.25, 0.3) is 0 Å². The SMILES string of the molecule is C#CCCCCN1CCCOC1=O. The van der Waals surface area contributed by atoms with E-state index < -0.39 is 0 Å². The van der Waals surface area contributed by atoms with Gasteiger partial charge in [0.05, 0.1) is 6.61 Å². The Kier molecular flexibility index (Phi) is 4.17. The molecule has 0 radical (unpaired) electrons. The Bertz CT molecular complexity index is 207. The molecule has 0 atom stereocenters. The Morgan fingerprint density at radius 2 is 2.38 bits per heavy atom. The molecule has 0 unspecified atom stereocenters. The third-order valence-electron chi connectivity index (χ3n) is 2.06. The molecule has 1 aliphatic heterocycles. The van der Waals surface area contributed by atoms with E-state index >= 15 is 0 Å². The average Bonchev–Trinajstić information content (AvgIpc) is 2.15. The lowest BCUT2D eigenvalue weighted by atomic mass is 10.2. The van der Waals surface area contributed by atoms with Crippen molar-refractivity contribution in [3.63, 3.8) is 0 Å². The maximum Gasteiger partial charge on any atom is 0.409 e. The van der Waals surface area contributed by atoms with Crippen molar-refractivity contribution in [2.24, 2.45) is 0 Å². The highest BCUT2D eigenvalue weighted by Gasteiger charge is 2.18. The molecule has 1 saturated heterocycles. The number of carbonyl (C=O) groups excluding carboxylic acids is 1. The second-order valence-electron chi connectivity index (χ2n) is 3.12. The molecule has 3 heteroatoms. The number of amides is 1. The van der Waals surface area contributed by atoms with Crippen molar-refractivity contribution < 1.29 is 9.53 Å². The number of hydrogen-bond donors (Lipinski definition) is 0. The molecule has 13 heavy (non-hydrogen) atoms. The zero-order valence-corrected chi connectivity index (χ0v) is 7.79. The fraction of sp³-hybridized carbons (Fsp3) is 0.700. The molecule has 1 aliphatic rings. The molecule has 0 aromatic rings. The van der Waals surface area contributed by atoms with E-state index in [1.165, 1.54) is 0 Å². The monoisotopic (exact) mass is 181 g/mol. The van der Waals surface area contributed by atoms with Crippen LogP contribution in [0.3, 0.4) is 0 Å². The van der Waals surface area contributed by atoms with Gasteiger partial charge >= 0.3 is 6.09 Å². The number of carbonyl (C=O) groups is 1. The van der Waals surface area contributed by atoms with Crippen LogP contribution in [0, 0.1) is 12.3 Å². The van der Waals surface area contributed by atoms with Crippen LogP contribution in [0.15, 0.2) is 0 Å². The van der Waals surface area contributed by atoms with E-state index in [0.29, 0.717) is 6.61 Å². The van der Waals surface area contributed by atoms with E-state index in [1.807, 2.05) is 0 Å². The summed E-state index contributed by atoms with van der Waals surface area (Å²) in [6.45, 7) is 2.18. The van der Waals surface area contributed by atoms with E-state index in [9.17, 15) is 4.79 Å². The topological polar surface area (TPSA) is 29.5 Å². The summed E-state index contributed by atoms with van der Waals surface area (Å²) in [7, 11) is 0. The van der Waals surface area contributed by atoms with Crippen LogP contribution < -0.4 is 0 Å². The maximum atomic E-state index is 11.1. The molecular weight excluding hydrogens is 166 g/mol. The van der Waals surface area contributed by atoms with Crippen molar-refractivity contribution in [1.29, 1.82) is 0 Å². The Hall–Kier alpha value is -1.17. The molecule has 0 aromatic heterocycles. The molecule has 0 saturated carbocycles. The lowest BCUT2D eigenvalue weighted by molar-refractivity contribution is 0.0724. The Morgan fingerprint density at radius 1 is 1.54 bits per heavy atom. The highest BCUT2D eigenvalue weighted by Crippen LogP contribution is 2.06. The van der Waals surface area contributed by atoms with Gasteiger partial charge in [-0.3, -0.25) is 0 Å². The summed E-state index contributed by atoms with van der Waals surface area (Å²) in [5.74, 6) is 2.58. The Labute approximate surface area is 79.1 Å². The van der Waals surface area contributed by atoms with Crippen LogP contribution in [0.2, 0.25) is 0 Å². The van der Waals surface area contributed by atoms with Crippen molar-refractivity contribution in [1.82, 2.24) is 4.90 Å². The lowest BCUT2D eigenvalue weighted by Gasteiger charge is -2.26. The summed E-state index contributed by atoms with van der Waals surface area (Å²) in [5.41, 5.74) is 0. The van der Waals surface area contributed by atoms with Crippen molar-refractivity contribution in [2.75, 3.05) is 19.7 Å². The molecule has 1 amide bonds. The van der Waals surface area contributed by atoms with E-state index in [-0.39, 0.29) is 6.09 Å². The second-order valence-corrected chi connectivity index (χ2v) is 3.12. The van der Waals surface area contributed by atoms with Crippen LogP contribution >= 0.6 is 0 Å². The molecular formula is C10H15NO2. The third-order valence-corrected chi connectivity index (χ3v) is 2.06. The number of ether oxygens (including phenoxy) is 1. The summed E-state index contributed by atoms with van der Waals surface area (Å²) in [6.07, 6.45) is 8.64. The number of rotatable bonds is 4. The molecule has 1 fully saturated rings. The molecule has 0 aromatic carbocycles. The van der Waals surface area contributed by atoms with Crippen LogP contribution in [0.4, 0.5) is 4.79 Å². The largest absolute Gasteiger partial charge is 0.449 e. The molecule has 1 rings (SSSR count). The molecule has 0 N–H and O–H groups in total. The Balaban J connectivity index is 2.12. The Morgan fingerprint density at radius 3 is 3.08 bits per heavy atom. The smallest absolute Gasteiger partial charge is 0.409 e. The van der Waals surface area contributed by atoms with Crippen molar-refractivity contribution in [3.05, 3.63) is 0 Å². The van der Waals surface area contributed by atoms with Gasteiger partial charge in [-0.25, -0.2) is 4.79 Å². The fourth-order valence-electron chi connectivity index (χ4n) is 1.33. The van der Waals surface area contributed by atoms with Crippen LogP contribution in [0.25, 0.3) is 0 Å². The molecule has 0 bridgehead atoms. The van der Waals surface area contributed by atoms with E-state index in [2.05, 4.69) is 5.92 Å². The van der Waals surface area contributed by atoms with Gasteiger partial charge < -0.3 is 9.64 Å². The highest BCUT2D eigenvalue weighted by atomic mass is 16.6. The fourth-order valence-corrected chi connectivity index (χ4v) is 1.33. The van der Waals surface area contributed by atoms with Crippen LogP contribution in [-0.4, -0.2) is 30.7 Å². The molecule has 72 valence electrons. The number of nitrogens with zero attached hydrogens (tertiary/aromatic N) is 1. The number of terminal acetylenes is 1. The first-order valence-electron chi connectivity index (χ1n) is 4.70.